The van der Waals surface area contributed by atoms with E-state index in [0.717, 1.165) is 54.6 Å². The van der Waals surface area contributed by atoms with Crippen LogP contribution in [0.2, 0.25) is 0 Å². The predicted octanol–water partition coefficient (Wildman–Crippen LogP) is 5.83. The fourth-order valence-electron chi connectivity index (χ4n) is 6.64. The maximum atomic E-state index is 14.6. The molecule has 1 aliphatic heterocycles. The number of benzene rings is 3. The van der Waals surface area contributed by atoms with Gasteiger partial charge >= 0.3 is 0 Å². The van der Waals surface area contributed by atoms with E-state index in [9.17, 15) is 23.1 Å². The Labute approximate surface area is 258 Å². The van der Waals surface area contributed by atoms with Crippen molar-refractivity contribution in [3.05, 3.63) is 95.1 Å². The summed E-state index contributed by atoms with van der Waals surface area (Å²) in [5.41, 5.74) is 0.653. The van der Waals surface area contributed by atoms with Gasteiger partial charge in [0.2, 0.25) is 0 Å². The first kappa shape index (κ1) is 32.5. The molecule has 43 heavy (non-hydrogen) atoms. The third-order valence-electron chi connectivity index (χ3n) is 8.59. The summed E-state index contributed by atoms with van der Waals surface area (Å²) in [6.07, 6.45) is 1.78. The number of nitrogens with one attached hydrogen (secondary N) is 2. The number of unbranched alkanes of at least 4 members (excludes halogenated alkanes) is 1. The van der Waals surface area contributed by atoms with E-state index < -0.39 is 29.0 Å². The number of alkyl halides is 3. The zero-order valence-corrected chi connectivity index (χ0v) is 27.4. The van der Waals surface area contributed by atoms with Crippen LogP contribution in [0.3, 0.4) is 0 Å². The number of halogens is 3. The van der Waals surface area contributed by atoms with Crippen molar-refractivity contribution in [2.75, 3.05) is 26.2 Å². The van der Waals surface area contributed by atoms with Crippen molar-refractivity contribution in [1.82, 2.24) is 15.5 Å². The second kappa shape index (κ2) is 13.2. The normalized spacial score (nSPS) is 18.7. The van der Waals surface area contributed by atoms with Crippen LogP contribution in [0.1, 0.15) is 52.7 Å². The molecule has 3 N–H and O–H groups in total. The molecular weight excluding hydrogens is 608 g/mol. The highest BCUT2D eigenvalue weighted by Crippen LogP contribution is 2.53. The molecule has 5 rings (SSSR count). The molecule has 5 nitrogen and oxygen atoms in total. The van der Waals surface area contributed by atoms with Gasteiger partial charge in [-0.2, -0.15) is 0 Å². The quantitative estimate of drug-likeness (QED) is 0.132. The Hall–Kier alpha value is -1.91. The van der Waals surface area contributed by atoms with Crippen LogP contribution in [0, 0.1) is 0 Å². The number of nitrogens with zero attached hydrogens (tertiary/aromatic N) is 1. The molecule has 5 unspecified atom stereocenters. The molecule has 230 valence electrons. The van der Waals surface area contributed by atoms with Crippen LogP contribution >= 0.6 is 27.7 Å². The second-order valence-corrected chi connectivity index (χ2v) is 14.8. The van der Waals surface area contributed by atoms with E-state index in [1.165, 1.54) is 9.24 Å². The van der Waals surface area contributed by atoms with Gasteiger partial charge in [-0.3, -0.25) is 10.1 Å². The van der Waals surface area contributed by atoms with Gasteiger partial charge in [0.25, 0.3) is 11.6 Å². The van der Waals surface area contributed by atoms with E-state index in [-0.39, 0.29) is 11.9 Å². The van der Waals surface area contributed by atoms with Crippen molar-refractivity contribution >= 4 is 33.6 Å². The summed E-state index contributed by atoms with van der Waals surface area (Å²) in [4.78, 5) is 15.3. The monoisotopic (exact) mass is 647 g/mol. The molecule has 1 saturated heterocycles. The Balaban J connectivity index is 1.23. The van der Waals surface area contributed by atoms with E-state index in [4.69, 9.17) is 0 Å². The molecule has 1 heterocycles. The van der Waals surface area contributed by atoms with Crippen LogP contribution in [0.25, 0.3) is 11.1 Å². The molecule has 0 saturated carbocycles. The van der Waals surface area contributed by atoms with Crippen molar-refractivity contribution < 1.29 is 23.1 Å². The van der Waals surface area contributed by atoms with Crippen LogP contribution in [-0.4, -0.2) is 60.0 Å². The molecule has 0 radical (unpaired) electrons. The van der Waals surface area contributed by atoms with Crippen molar-refractivity contribution in [3.8, 4) is 11.1 Å². The minimum Gasteiger partial charge on any atom is -0.377 e. The molecule has 1 amide bonds. The molecule has 3 aromatic carbocycles. The first-order valence-corrected chi connectivity index (χ1v) is 16.3. The topological polar surface area (TPSA) is 64.6 Å². The second-order valence-electron chi connectivity index (χ2n) is 11.6. The summed E-state index contributed by atoms with van der Waals surface area (Å²) in [5, 5.41) is 15.5. The highest BCUT2D eigenvalue weighted by atomic mass is 31.1. The lowest BCUT2D eigenvalue weighted by Gasteiger charge is -2.38. The first-order valence-electron chi connectivity index (χ1n) is 14.6. The summed E-state index contributed by atoms with van der Waals surface area (Å²) < 4.78 is 42.2. The number of carbonyl (C=O) groups excluding carboxylic acids is 1. The van der Waals surface area contributed by atoms with Crippen molar-refractivity contribution in [2.45, 2.75) is 54.2 Å². The number of hydrogen-bond donors (Lipinski definition) is 3. The summed E-state index contributed by atoms with van der Waals surface area (Å²) in [7, 11) is 5.76. The maximum absolute atomic E-state index is 14.6. The van der Waals surface area contributed by atoms with Gasteiger partial charge in [-0.05, 0) is 54.1 Å². The molecule has 5 atom stereocenters. The average Bonchev–Trinajstić information content (AvgIpc) is 3.54. The van der Waals surface area contributed by atoms with Gasteiger partial charge in [0.05, 0.1) is 12.0 Å². The molecule has 0 spiro atoms. The number of aliphatic hydroxyl groups is 1. The Bertz CT molecular complexity index is 1400. The number of amides is 1. The lowest BCUT2D eigenvalue weighted by atomic mass is 9.72. The highest BCUT2D eigenvalue weighted by molar-refractivity contribution is 7.38. The number of hydrogen-bond acceptors (Lipinski definition) is 4. The molecule has 0 aromatic heterocycles. The van der Waals surface area contributed by atoms with Gasteiger partial charge in [0.1, 0.15) is 6.23 Å². The van der Waals surface area contributed by atoms with Crippen molar-refractivity contribution in [3.63, 3.8) is 0 Å². The lowest BCUT2D eigenvalue weighted by molar-refractivity contribution is 0.0300. The summed E-state index contributed by atoms with van der Waals surface area (Å²) in [6, 6.07) is 22.5. The van der Waals surface area contributed by atoms with Crippen LogP contribution in [0.15, 0.2) is 72.8 Å². The first-order chi connectivity index (χ1) is 20.4. The minimum absolute atomic E-state index is 0.0388. The molecular formula is C32H39F3N3O2P3. The third kappa shape index (κ3) is 7.17. The van der Waals surface area contributed by atoms with E-state index in [1.54, 1.807) is 24.3 Å². The molecule has 2 aliphatic rings. The van der Waals surface area contributed by atoms with Gasteiger partial charge < -0.3 is 15.3 Å². The van der Waals surface area contributed by atoms with Gasteiger partial charge in [0, 0.05) is 30.3 Å². The van der Waals surface area contributed by atoms with Crippen molar-refractivity contribution in [1.29, 1.82) is 0 Å². The standard InChI is InChI=1S/C32H39F3N3O2P3/c33-31(34,41)20-36-29(40)30(25-12-4-1-9-22(25)23-10-2-5-13-26(23)30)16-7-8-17-38-18-15-21(19-38)37-28(39)24-11-3-6-14-27(24)32(35,42)43/h1-6,9-14,21,29,36,40H,7-8,15-20,41-43H2,(H,37,39). The average molecular weight is 648 g/mol. The zero-order chi connectivity index (χ0) is 30.8. The zero-order valence-electron chi connectivity index (χ0n) is 23.9. The Morgan fingerprint density at radius 3 is 2.19 bits per heavy atom. The fraction of sp³-hybridized carbons (Fsp3) is 0.406. The van der Waals surface area contributed by atoms with Gasteiger partial charge in [-0.1, -0.05) is 101 Å². The molecule has 0 bridgehead atoms. The van der Waals surface area contributed by atoms with Gasteiger partial charge in [-0.15, -0.1) is 0 Å². The number of rotatable bonds is 12. The number of fused-ring (bicyclic) bond motifs is 3. The Morgan fingerprint density at radius 1 is 0.953 bits per heavy atom. The van der Waals surface area contributed by atoms with Gasteiger partial charge in [-0.25, -0.2) is 13.2 Å². The smallest absolute Gasteiger partial charge is 0.271 e. The third-order valence-corrected chi connectivity index (χ3v) is 9.42. The Morgan fingerprint density at radius 2 is 1.56 bits per heavy atom. The maximum Gasteiger partial charge on any atom is 0.271 e. The lowest BCUT2D eigenvalue weighted by Crippen LogP contribution is -2.50. The predicted molar refractivity (Wildman–Crippen MR) is 176 cm³/mol. The minimum atomic E-state index is -3.04. The van der Waals surface area contributed by atoms with E-state index in [0.29, 0.717) is 24.1 Å². The number of aliphatic hydroxyl groups excluding tert-OH is 1. The summed E-state index contributed by atoms with van der Waals surface area (Å²) in [6.45, 7) is 1.68. The van der Waals surface area contributed by atoms with Crippen LogP contribution in [0.5, 0.6) is 0 Å². The summed E-state index contributed by atoms with van der Waals surface area (Å²) in [5.74, 6) is -0.285. The van der Waals surface area contributed by atoms with E-state index in [1.807, 2.05) is 48.5 Å². The largest absolute Gasteiger partial charge is 0.377 e. The highest BCUT2D eigenvalue weighted by Gasteiger charge is 2.48. The SMILES string of the molecule is O=C(NC1CCN(CCCCC2(C(O)NCC(F)(F)P)c3ccccc3-c3ccccc32)C1)c1ccccc1C(F)(P)P. The molecule has 1 aliphatic carbocycles. The molecule has 1 fully saturated rings. The fourth-order valence-corrected chi connectivity index (χ4v) is 7.26. The van der Waals surface area contributed by atoms with Crippen LogP contribution in [-0.2, 0) is 10.6 Å². The van der Waals surface area contributed by atoms with Gasteiger partial charge in [0.15, 0.2) is 5.15 Å². The molecule has 11 heteroatoms. The molecule has 3 aromatic rings. The van der Waals surface area contributed by atoms with E-state index in [2.05, 4.69) is 34.0 Å². The van der Waals surface area contributed by atoms with Crippen LogP contribution < -0.4 is 10.6 Å². The number of likely N-dealkylation sites (tertiary alicyclic amines) is 1. The van der Waals surface area contributed by atoms with Crippen molar-refractivity contribution in [2.24, 2.45) is 0 Å². The summed E-state index contributed by atoms with van der Waals surface area (Å²) >= 11 is 0. The van der Waals surface area contributed by atoms with E-state index >= 15 is 0 Å². The number of carbonyl (C=O) groups is 1. The Kier molecular flexibility index (Phi) is 9.98. The van der Waals surface area contributed by atoms with Crippen LogP contribution in [0.4, 0.5) is 13.2 Å².